The number of nitrogens with zero attached hydrogens (tertiary/aromatic N) is 3. The van der Waals surface area contributed by atoms with Gasteiger partial charge in [-0.05, 0) is 62.6 Å². The third-order valence-corrected chi connectivity index (χ3v) is 7.11. The van der Waals surface area contributed by atoms with E-state index in [1.807, 2.05) is 16.5 Å². The molecule has 32 heavy (non-hydrogen) atoms. The lowest BCUT2D eigenvalue weighted by Gasteiger charge is -2.31. The number of hydrogen-bond donors (Lipinski definition) is 0. The SMILES string of the molecule is COC(=O)C1CCC(CC(=O)N2CCc3c(C)nn(Cc4ccc(Cl)cc4F)c3C2)CC1. The molecule has 1 aromatic carbocycles. The van der Waals surface area contributed by atoms with E-state index in [1.54, 1.807) is 12.1 Å². The first kappa shape index (κ1) is 22.8. The zero-order chi connectivity index (χ0) is 22.8. The molecule has 1 saturated carbocycles. The lowest BCUT2D eigenvalue weighted by atomic mass is 9.80. The van der Waals surface area contributed by atoms with Crippen LogP contribution >= 0.6 is 11.6 Å². The Kier molecular flexibility index (Phi) is 6.84. The first-order chi connectivity index (χ1) is 15.4. The van der Waals surface area contributed by atoms with E-state index in [9.17, 15) is 14.0 Å². The summed E-state index contributed by atoms with van der Waals surface area (Å²) in [4.78, 5) is 26.7. The molecule has 0 unspecified atom stereocenters. The zero-order valence-corrected chi connectivity index (χ0v) is 19.3. The Labute approximate surface area is 192 Å². The van der Waals surface area contributed by atoms with Crippen molar-refractivity contribution < 1.29 is 18.7 Å². The minimum atomic E-state index is -0.356. The van der Waals surface area contributed by atoms with Gasteiger partial charge in [0.2, 0.25) is 5.91 Å². The van der Waals surface area contributed by atoms with Crippen LogP contribution in [0.3, 0.4) is 0 Å². The molecule has 0 saturated heterocycles. The number of carbonyl (C=O) groups excluding carboxylic acids is 2. The Morgan fingerprint density at radius 2 is 2.00 bits per heavy atom. The van der Waals surface area contributed by atoms with Crippen LogP contribution in [0.2, 0.25) is 5.02 Å². The van der Waals surface area contributed by atoms with Crippen LogP contribution in [-0.4, -0.2) is 40.2 Å². The second kappa shape index (κ2) is 9.61. The highest BCUT2D eigenvalue weighted by molar-refractivity contribution is 6.30. The maximum Gasteiger partial charge on any atom is 0.308 e. The van der Waals surface area contributed by atoms with Crippen molar-refractivity contribution in [3.05, 3.63) is 51.6 Å². The van der Waals surface area contributed by atoms with E-state index in [4.69, 9.17) is 16.3 Å². The van der Waals surface area contributed by atoms with E-state index in [1.165, 1.54) is 13.2 Å². The van der Waals surface area contributed by atoms with Gasteiger partial charge in [0.25, 0.3) is 0 Å². The molecule has 2 aromatic rings. The van der Waals surface area contributed by atoms with Crippen LogP contribution in [0.5, 0.6) is 0 Å². The van der Waals surface area contributed by atoms with Crippen molar-refractivity contribution in [3.63, 3.8) is 0 Å². The minimum absolute atomic E-state index is 0.0329. The second-order valence-electron chi connectivity index (χ2n) is 8.91. The van der Waals surface area contributed by atoms with Gasteiger partial charge in [0.05, 0.1) is 37.5 Å². The van der Waals surface area contributed by atoms with Crippen LogP contribution in [0.4, 0.5) is 4.39 Å². The molecule has 8 heteroatoms. The molecule has 1 aromatic heterocycles. The Balaban J connectivity index is 1.41. The van der Waals surface area contributed by atoms with Gasteiger partial charge in [-0.15, -0.1) is 0 Å². The molecular weight excluding hydrogens is 433 g/mol. The maximum absolute atomic E-state index is 14.3. The molecular formula is C24H29ClFN3O3. The Hall–Kier alpha value is -2.41. The zero-order valence-electron chi connectivity index (χ0n) is 18.6. The fourth-order valence-corrected chi connectivity index (χ4v) is 5.13. The van der Waals surface area contributed by atoms with Crippen molar-refractivity contribution in [1.29, 1.82) is 0 Å². The molecule has 4 rings (SSSR count). The number of methoxy groups -OCH3 is 1. The summed E-state index contributed by atoms with van der Waals surface area (Å²) in [5.41, 5.74) is 3.58. The average Bonchev–Trinajstić information content (AvgIpc) is 3.10. The standard InChI is InChI=1S/C24H29ClFN3O3/c1-15-20-9-10-28(23(30)11-16-3-5-17(6-4-16)24(31)32-2)14-22(20)29(27-15)13-18-7-8-19(25)12-21(18)26/h7-8,12,16-17H,3-6,9-11,13-14H2,1-2H3. The monoisotopic (exact) mass is 461 g/mol. The number of benzene rings is 1. The number of aromatic nitrogens is 2. The van der Waals surface area contributed by atoms with Crippen LogP contribution in [0.25, 0.3) is 0 Å². The molecule has 0 spiro atoms. The van der Waals surface area contributed by atoms with Crippen molar-refractivity contribution in [1.82, 2.24) is 14.7 Å². The molecule has 1 aliphatic carbocycles. The first-order valence-electron chi connectivity index (χ1n) is 11.2. The van der Waals surface area contributed by atoms with Gasteiger partial charge in [0, 0.05) is 23.6 Å². The predicted molar refractivity (Wildman–Crippen MR) is 119 cm³/mol. The van der Waals surface area contributed by atoms with Crippen molar-refractivity contribution in [3.8, 4) is 0 Å². The van der Waals surface area contributed by atoms with Gasteiger partial charge in [0.15, 0.2) is 0 Å². The van der Waals surface area contributed by atoms with Crippen LogP contribution in [-0.2, 0) is 33.8 Å². The number of rotatable bonds is 5. The molecule has 1 aliphatic heterocycles. The lowest BCUT2D eigenvalue weighted by Crippen LogP contribution is -2.38. The third-order valence-electron chi connectivity index (χ3n) is 6.87. The number of fused-ring (bicyclic) bond motifs is 1. The molecule has 6 nitrogen and oxygen atoms in total. The Bertz CT molecular complexity index is 1010. The van der Waals surface area contributed by atoms with Gasteiger partial charge in [-0.3, -0.25) is 14.3 Å². The Morgan fingerprint density at radius 1 is 1.25 bits per heavy atom. The highest BCUT2D eigenvalue weighted by Gasteiger charge is 2.31. The molecule has 0 N–H and O–H groups in total. The number of amides is 1. The van der Waals surface area contributed by atoms with Gasteiger partial charge in [-0.25, -0.2) is 4.39 Å². The summed E-state index contributed by atoms with van der Waals surface area (Å²) in [5.74, 6) is -0.0841. The normalized spacial score (nSPS) is 20.7. The van der Waals surface area contributed by atoms with Crippen molar-refractivity contribution in [2.45, 2.75) is 58.5 Å². The molecule has 172 valence electrons. The largest absolute Gasteiger partial charge is 0.469 e. The predicted octanol–water partition coefficient (Wildman–Crippen LogP) is 4.29. The number of aryl methyl sites for hydroxylation is 1. The van der Waals surface area contributed by atoms with Crippen molar-refractivity contribution in [2.75, 3.05) is 13.7 Å². The highest BCUT2D eigenvalue weighted by Crippen LogP contribution is 2.33. The first-order valence-corrected chi connectivity index (χ1v) is 11.6. The maximum atomic E-state index is 14.3. The molecule has 0 atom stereocenters. The topological polar surface area (TPSA) is 64.4 Å². The van der Waals surface area contributed by atoms with Crippen molar-refractivity contribution >= 4 is 23.5 Å². The average molecular weight is 462 g/mol. The summed E-state index contributed by atoms with van der Waals surface area (Å²) in [7, 11) is 1.43. The van der Waals surface area contributed by atoms with Crippen LogP contribution in [0.15, 0.2) is 18.2 Å². The number of hydrogen-bond acceptors (Lipinski definition) is 4. The van der Waals surface area contributed by atoms with Gasteiger partial charge in [0.1, 0.15) is 5.82 Å². The van der Waals surface area contributed by atoms with Gasteiger partial charge in [-0.2, -0.15) is 5.10 Å². The molecule has 1 fully saturated rings. The molecule has 2 heterocycles. The smallest absolute Gasteiger partial charge is 0.308 e. The van der Waals surface area contributed by atoms with Crippen molar-refractivity contribution in [2.24, 2.45) is 11.8 Å². The molecule has 2 aliphatic rings. The summed E-state index contributed by atoms with van der Waals surface area (Å²) >= 11 is 5.87. The van der Waals surface area contributed by atoms with Crippen LogP contribution < -0.4 is 0 Å². The Morgan fingerprint density at radius 3 is 2.69 bits per heavy atom. The number of halogens is 2. The molecule has 0 radical (unpaired) electrons. The summed E-state index contributed by atoms with van der Waals surface area (Å²) in [6, 6.07) is 4.66. The van der Waals surface area contributed by atoms with E-state index in [0.717, 1.165) is 49.1 Å². The second-order valence-corrected chi connectivity index (χ2v) is 9.35. The fraction of sp³-hybridized carbons (Fsp3) is 0.542. The lowest BCUT2D eigenvalue weighted by molar-refractivity contribution is -0.146. The van der Waals surface area contributed by atoms with E-state index in [0.29, 0.717) is 42.6 Å². The van der Waals surface area contributed by atoms with Crippen LogP contribution in [0, 0.1) is 24.6 Å². The molecule has 0 bridgehead atoms. The third kappa shape index (κ3) is 4.82. The molecule has 1 amide bonds. The summed E-state index contributed by atoms with van der Waals surface area (Å²) in [6.45, 7) is 3.43. The summed E-state index contributed by atoms with van der Waals surface area (Å²) < 4.78 is 21.0. The number of esters is 1. The number of carbonyl (C=O) groups is 2. The minimum Gasteiger partial charge on any atom is -0.469 e. The van der Waals surface area contributed by atoms with E-state index < -0.39 is 0 Å². The van der Waals surface area contributed by atoms with Gasteiger partial charge >= 0.3 is 5.97 Å². The fourth-order valence-electron chi connectivity index (χ4n) is 4.98. The number of ether oxygens (including phenoxy) is 1. The van der Waals surface area contributed by atoms with Crippen LogP contribution in [0.1, 0.15) is 54.6 Å². The van der Waals surface area contributed by atoms with Gasteiger partial charge in [-0.1, -0.05) is 17.7 Å². The van der Waals surface area contributed by atoms with E-state index >= 15 is 0 Å². The highest BCUT2D eigenvalue weighted by atomic mass is 35.5. The summed E-state index contributed by atoms with van der Waals surface area (Å²) in [6.07, 6.45) is 4.57. The van der Waals surface area contributed by atoms with E-state index in [2.05, 4.69) is 5.10 Å². The quantitative estimate of drug-likeness (QED) is 0.623. The van der Waals surface area contributed by atoms with Gasteiger partial charge < -0.3 is 9.64 Å². The van der Waals surface area contributed by atoms with E-state index in [-0.39, 0.29) is 23.6 Å². The summed E-state index contributed by atoms with van der Waals surface area (Å²) in [5, 5.41) is 4.99.